The molecule has 1 atom stereocenters. The standard InChI is InChI=1S/C22H21N3O3S/c1-15-7-8-18(19(13-15)25(27)28)23-21(26)14-24-11-9-20-17(10-12-29-20)22(24)16-5-3-2-4-6-16/h2-8,10,12-13,22H,9,11,14H2,1H3,(H,23,26)/t22-/m0/s1. The van der Waals surface area contributed by atoms with E-state index in [-0.39, 0.29) is 29.9 Å². The Labute approximate surface area is 172 Å². The zero-order chi connectivity index (χ0) is 20.4. The second-order valence-corrected chi connectivity index (χ2v) is 8.16. The van der Waals surface area contributed by atoms with Crippen LogP contribution in [0.15, 0.2) is 60.0 Å². The van der Waals surface area contributed by atoms with Crippen LogP contribution in [-0.2, 0) is 11.2 Å². The van der Waals surface area contributed by atoms with Gasteiger partial charge in [-0.15, -0.1) is 11.3 Å². The third kappa shape index (κ3) is 4.06. The Morgan fingerprint density at radius 1 is 1.24 bits per heavy atom. The molecule has 1 amide bonds. The van der Waals surface area contributed by atoms with E-state index in [1.807, 2.05) is 18.2 Å². The van der Waals surface area contributed by atoms with Crippen molar-refractivity contribution in [3.05, 3.63) is 91.7 Å². The Morgan fingerprint density at radius 2 is 2.03 bits per heavy atom. The number of hydrogen-bond donors (Lipinski definition) is 1. The van der Waals surface area contributed by atoms with Gasteiger partial charge in [-0.1, -0.05) is 36.4 Å². The minimum absolute atomic E-state index is 0.00459. The number of rotatable bonds is 5. The first-order chi connectivity index (χ1) is 14.0. The maximum absolute atomic E-state index is 12.8. The zero-order valence-corrected chi connectivity index (χ0v) is 16.8. The van der Waals surface area contributed by atoms with E-state index in [0.29, 0.717) is 0 Å². The lowest BCUT2D eigenvalue weighted by molar-refractivity contribution is -0.384. The zero-order valence-electron chi connectivity index (χ0n) is 16.0. The van der Waals surface area contributed by atoms with E-state index >= 15 is 0 Å². The second-order valence-electron chi connectivity index (χ2n) is 7.16. The van der Waals surface area contributed by atoms with Gasteiger partial charge >= 0.3 is 0 Å². The summed E-state index contributed by atoms with van der Waals surface area (Å²) in [6.45, 7) is 2.71. The Bertz CT molecular complexity index is 1050. The van der Waals surface area contributed by atoms with Crippen molar-refractivity contribution in [3.8, 4) is 0 Å². The molecule has 0 spiro atoms. The third-order valence-corrected chi connectivity index (χ3v) is 6.15. The van der Waals surface area contributed by atoms with Crippen molar-refractivity contribution < 1.29 is 9.72 Å². The Hall–Kier alpha value is -3.03. The fourth-order valence-electron chi connectivity index (χ4n) is 3.84. The molecule has 1 aliphatic heterocycles. The third-order valence-electron chi connectivity index (χ3n) is 5.15. The highest BCUT2D eigenvalue weighted by atomic mass is 32.1. The van der Waals surface area contributed by atoms with Crippen LogP contribution in [0.3, 0.4) is 0 Å². The maximum atomic E-state index is 12.8. The average molecular weight is 407 g/mol. The molecule has 0 saturated carbocycles. The number of aryl methyl sites for hydroxylation is 1. The molecule has 2 heterocycles. The number of amides is 1. The molecule has 29 heavy (non-hydrogen) atoms. The highest BCUT2D eigenvalue weighted by Gasteiger charge is 2.31. The molecule has 0 saturated heterocycles. The van der Waals surface area contributed by atoms with Gasteiger partial charge in [0.15, 0.2) is 0 Å². The molecule has 1 aromatic heterocycles. The number of fused-ring (bicyclic) bond motifs is 1. The SMILES string of the molecule is Cc1ccc(NC(=O)CN2CCc3sccc3[C@@H]2c2ccccc2)c([N+](=O)[O-])c1. The summed E-state index contributed by atoms with van der Waals surface area (Å²) in [6, 6.07) is 17.1. The summed E-state index contributed by atoms with van der Waals surface area (Å²) in [7, 11) is 0. The molecule has 0 radical (unpaired) electrons. The number of thiophene rings is 1. The van der Waals surface area contributed by atoms with Crippen LogP contribution in [0.5, 0.6) is 0 Å². The summed E-state index contributed by atoms with van der Waals surface area (Å²) in [5, 5.41) is 16.2. The molecule has 4 rings (SSSR count). The summed E-state index contributed by atoms with van der Waals surface area (Å²) in [4.78, 5) is 27.2. The molecule has 0 unspecified atom stereocenters. The Morgan fingerprint density at radius 3 is 2.79 bits per heavy atom. The number of benzene rings is 2. The van der Waals surface area contributed by atoms with Crippen molar-refractivity contribution in [2.75, 3.05) is 18.4 Å². The van der Waals surface area contributed by atoms with Crippen molar-refractivity contribution in [2.45, 2.75) is 19.4 Å². The molecular weight excluding hydrogens is 386 g/mol. The van der Waals surface area contributed by atoms with Gasteiger partial charge in [0.25, 0.3) is 5.69 Å². The Balaban J connectivity index is 1.57. The lowest BCUT2D eigenvalue weighted by atomic mass is 9.93. The lowest BCUT2D eigenvalue weighted by Gasteiger charge is -2.35. The van der Waals surface area contributed by atoms with E-state index in [2.05, 4.69) is 33.8 Å². The quantitative estimate of drug-likeness (QED) is 0.497. The van der Waals surface area contributed by atoms with Crippen molar-refractivity contribution >= 4 is 28.6 Å². The first-order valence-corrected chi connectivity index (χ1v) is 10.3. The highest BCUT2D eigenvalue weighted by Crippen LogP contribution is 2.37. The van der Waals surface area contributed by atoms with E-state index in [4.69, 9.17) is 0 Å². The van der Waals surface area contributed by atoms with Crippen LogP contribution in [0.25, 0.3) is 0 Å². The minimum Gasteiger partial charge on any atom is -0.319 e. The van der Waals surface area contributed by atoms with Crippen molar-refractivity contribution in [2.24, 2.45) is 0 Å². The highest BCUT2D eigenvalue weighted by molar-refractivity contribution is 7.10. The summed E-state index contributed by atoms with van der Waals surface area (Å²) >= 11 is 1.75. The van der Waals surface area contributed by atoms with Gasteiger partial charge in [-0.2, -0.15) is 0 Å². The molecule has 148 valence electrons. The first-order valence-electron chi connectivity index (χ1n) is 9.43. The van der Waals surface area contributed by atoms with Gasteiger partial charge in [-0.3, -0.25) is 19.8 Å². The number of nitro groups is 1. The fourth-order valence-corrected chi connectivity index (χ4v) is 4.74. The number of carbonyl (C=O) groups is 1. The molecule has 7 heteroatoms. The molecule has 3 aromatic rings. The van der Waals surface area contributed by atoms with E-state index < -0.39 is 4.92 Å². The number of nitrogens with zero attached hydrogens (tertiary/aromatic N) is 2. The smallest absolute Gasteiger partial charge is 0.293 e. The Kier molecular flexibility index (Phi) is 5.42. The van der Waals surface area contributed by atoms with Crippen LogP contribution < -0.4 is 5.32 Å². The predicted octanol–water partition coefficient (Wildman–Crippen LogP) is 4.55. The van der Waals surface area contributed by atoms with E-state index in [1.54, 1.807) is 30.4 Å². The number of nitro benzene ring substituents is 1. The molecule has 0 bridgehead atoms. The molecule has 1 aliphatic rings. The largest absolute Gasteiger partial charge is 0.319 e. The molecule has 0 fully saturated rings. The topological polar surface area (TPSA) is 75.5 Å². The summed E-state index contributed by atoms with van der Waals surface area (Å²) < 4.78 is 0. The van der Waals surface area contributed by atoms with Crippen molar-refractivity contribution in [3.63, 3.8) is 0 Å². The van der Waals surface area contributed by atoms with Crippen LogP contribution in [0.4, 0.5) is 11.4 Å². The number of nitrogens with one attached hydrogen (secondary N) is 1. The van der Waals surface area contributed by atoms with Crippen molar-refractivity contribution in [1.29, 1.82) is 0 Å². The predicted molar refractivity (Wildman–Crippen MR) is 114 cm³/mol. The summed E-state index contributed by atoms with van der Waals surface area (Å²) in [6.07, 6.45) is 0.897. The second kappa shape index (κ2) is 8.14. The van der Waals surface area contributed by atoms with Gasteiger partial charge in [0.05, 0.1) is 17.5 Å². The average Bonchev–Trinajstić information content (AvgIpc) is 3.18. The van der Waals surface area contributed by atoms with Gasteiger partial charge < -0.3 is 5.32 Å². The van der Waals surface area contributed by atoms with E-state index in [9.17, 15) is 14.9 Å². The molecule has 0 aliphatic carbocycles. The lowest BCUT2D eigenvalue weighted by Crippen LogP contribution is -2.40. The van der Waals surface area contributed by atoms with Gasteiger partial charge in [0, 0.05) is 17.5 Å². The number of carbonyl (C=O) groups excluding carboxylic acids is 1. The van der Waals surface area contributed by atoms with Crippen LogP contribution >= 0.6 is 11.3 Å². The normalized spacial score (nSPS) is 16.2. The molecule has 2 aromatic carbocycles. The number of anilines is 1. The number of hydrogen-bond acceptors (Lipinski definition) is 5. The molecule has 1 N–H and O–H groups in total. The van der Waals surface area contributed by atoms with E-state index in [0.717, 1.165) is 24.1 Å². The molecule has 6 nitrogen and oxygen atoms in total. The first kappa shape index (κ1) is 19.3. The van der Waals surface area contributed by atoms with Crippen LogP contribution in [-0.4, -0.2) is 28.8 Å². The van der Waals surface area contributed by atoms with E-state index in [1.165, 1.54) is 16.5 Å². The van der Waals surface area contributed by atoms with Gasteiger partial charge in [-0.05, 0) is 47.5 Å². The fraction of sp³-hybridized carbons (Fsp3) is 0.227. The van der Waals surface area contributed by atoms with Crippen LogP contribution in [0.2, 0.25) is 0 Å². The molecular formula is C22H21N3O3S. The van der Waals surface area contributed by atoms with Gasteiger partial charge in [0.1, 0.15) is 5.69 Å². The monoisotopic (exact) mass is 407 g/mol. The maximum Gasteiger partial charge on any atom is 0.293 e. The summed E-state index contributed by atoms with van der Waals surface area (Å²) in [5.41, 5.74) is 3.30. The van der Waals surface area contributed by atoms with Crippen LogP contribution in [0, 0.1) is 17.0 Å². The van der Waals surface area contributed by atoms with Gasteiger partial charge in [-0.25, -0.2) is 0 Å². The minimum atomic E-state index is -0.464. The van der Waals surface area contributed by atoms with Gasteiger partial charge in [0.2, 0.25) is 5.91 Å². The van der Waals surface area contributed by atoms with Crippen molar-refractivity contribution in [1.82, 2.24) is 4.90 Å². The summed E-state index contributed by atoms with van der Waals surface area (Å²) in [5.74, 6) is -0.253. The van der Waals surface area contributed by atoms with Crippen LogP contribution in [0.1, 0.15) is 27.6 Å².